The summed E-state index contributed by atoms with van der Waals surface area (Å²) in [7, 11) is 0. The van der Waals surface area contributed by atoms with Crippen LogP contribution in [0.15, 0.2) is 59.5 Å². The topological polar surface area (TPSA) is 86.1 Å². The maximum atomic E-state index is 13.7. The van der Waals surface area contributed by atoms with Crippen molar-refractivity contribution in [2.24, 2.45) is 0 Å². The Labute approximate surface area is 180 Å². The van der Waals surface area contributed by atoms with Crippen LogP contribution in [0.25, 0.3) is 6.08 Å². The summed E-state index contributed by atoms with van der Waals surface area (Å²) in [5, 5.41) is 14.1. The molecule has 150 valence electrons. The molecule has 30 heavy (non-hydrogen) atoms. The van der Waals surface area contributed by atoms with E-state index in [9.17, 15) is 19.2 Å². The number of halogens is 2. The molecule has 1 heterocycles. The summed E-state index contributed by atoms with van der Waals surface area (Å²) in [5.41, 5.74) is 0.555. The number of benzene rings is 2. The highest BCUT2D eigenvalue weighted by atomic mass is 35.5. The van der Waals surface area contributed by atoms with E-state index in [1.807, 2.05) is 0 Å². The van der Waals surface area contributed by atoms with Crippen molar-refractivity contribution in [1.82, 2.24) is 4.98 Å². The lowest BCUT2D eigenvalue weighted by molar-refractivity contribution is -0.116. The number of carbonyl (C=O) groups excluding carboxylic acids is 2. The number of carbonyl (C=O) groups is 2. The summed E-state index contributed by atoms with van der Waals surface area (Å²) < 4.78 is 13.7. The van der Waals surface area contributed by atoms with Crippen molar-refractivity contribution in [2.75, 3.05) is 10.2 Å². The van der Waals surface area contributed by atoms with Gasteiger partial charge >= 0.3 is 0 Å². The van der Waals surface area contributed by atoms with Crippen LogP contribution in [0.5, 0.6) is 0 Å². The fourth-order valence-electron chi connectivity index (χ4n) is 2.54. The molecular weight excluding hydrogens is 427 g/mol. The second-order valence-corrected chi connectivity index (χ2v) is 7.27. The summed E-state index contributed by atoms with van der Waals surface area (Å²) in [6.07, 6.45) is 1.27. The molecule has 0 aliphatic heterocycles. The number of aromatic nitrogens is 1. The Bertz CT molecular complexity index is 1190. The minimum atomic E-state index is -0.768. The van der Waals surface area contributed by atoms with E-state index in [4.69, 9.17) is 11.6 Å². The van der Waals surface area contributed by atoms with Gasteiger partial charge in [0.2, 0.25) is 5.91 Å². The number of thiazole rings is 1. The summed E-state index contributed by atoms with van der Waals surface area (Å²) in [5.74, 6) is -1.66. The van der Waals surface area contributed by atoms with E-state index < -0.39 is 11.7 Å². The normalized spacial score (nSPS) is 10.9. The zero-order valence-corrected chi connectivity index (χ0v) is 17.2. The molecule has 1 aromatic heterocycles. The zero-order chi connectivity index (χ0) is 21.7. The number of nitrogens with one attached hydrogen (secondary N) is 1. The van der Waals surface area contributed by atoms with Gasteiger partial charge in [0.05, 0.1) is 17.1 Å². The molecule has 0 saturated carbocycles. The molecule has 0 fully saturated rings. The Morgan fingerprint density at radius 3 is 2.70 bits per heavy atom. The van der Waals surface area contributed by atoms with Gasteiger partial charge in [-0.3, -0.25) is 14.5 Å². The van der Waals surface area contributed by atoms with Crippen LogP contribution >= 0.6 is 22.9 Å². The third kappa shape index (κ3) is 4.89. The average molecular weight is 441 g/mol. The van der Waals surface area contributed by atoms with Gasteiger partial charge in [0.25, 0.3) is 5.91 Å². The number of amides is 2. The zero-order valence-electron chi connectivity index (χ0n) is 15.6. The van der Waals surface area contributed by atoms with E-state index in [1.165, 1.54) is 36.1 Å². The average Bonchev–Trinajstić information content (AvgIpc) is 3.15. The molecule has 1 N–H and O–H groups in total. The van der Waals surface area contributed by atoms with Gasteiger partial charge < -0.3 is 5.32 Å². The molecular formula is C21H14ClFN4O2S. The number of nitriles is 1. The smallest absolute Gasteiger partial charge is 0.266 e. The van der Waals surface area contributed by atoms with Gasteiger partial charge in [0, 0.05) is 17.3 Å². The predicted octanol–water partition coefficient (Wildman–Crippen LogP) is 5.17. The number of nitrogens with zero attached hydrogens (tertiary/aromatic N) is 3. The highest BCUT2D eigenvalue weighted by Crippen LogP contribution is 2.31. The molecule has 9 heteroatoms. The van der Waals surface area contributed by atoms with Crippen LogP contribution in [0.3, 0.4) is 0 Å². The van der Waals surface area contributed by atoms with Gasteiger partial charge in [-0.05, 0) is 36.4 Å². The van der Waals surface area contributed by atoms with Crippen molar-refractivity contribution in [3.05, 3.63) is 76.0 Å². The lowest BCUT2D eigenvalue weighted by Crippen LogP contribution is -2.22. The minimum absolute atomic E-state index is 0.0358. The lowest BCUT2D eigenvalue weighted by Gasteiger charge is -2.18. The monoisotopic (exact) mass is 440 g/mol. The summed E-state index contributed by atoms with van der Waals surface area (Å²) in [4.78, 5) is 30.2. The second kappa shape index (κ2) is 9.31. The largest absolute Gasteiger partial charge is 0.319 e. The number of hydrogen-bond donors (Lipinski definition) is 1. The van der Waals surface area contributed by atoms with Gasteiger partial charge in [-0.2, -0.15) is 5.26 Å². The molecule has 0 saturated heterocycles. The fourth-order valence-corrected chi connectivity index (χ4v) is 3.56. The third-order valence-electron chi connectivity index (χ3n) is 3.86. The van der Waals surface area contributed by atoms with Crippen LogP contribution in [0.2, 0.25) is 5.02 Å². The van der Waals surface area contributed by atoms with Crippen molar-refractivity contribution >= 4 is 57.3 Å². The molecule has 0 bridgehead atoms. The number of hydrogen-bond acceptors (Lipinski definition) is 5. The van der Waals surface area contributed by atoms with Crippen molar-refractivity contribution in [3.63, 3.8) is 0 Å². The number of rotatable bonds is 5. The first-order valence-electron chi connectivity index (χ1n) is 8.58. The first-order valence-corrected chi connectivity index (χ1v) is 9.84. The molecule has 2 aromatic carbocycles. The summed E-state index contributed by atoms with van der Waals surface area (Å²) >= 11 is 7.18. The molecule has 3 rings (SSSR count). The Morgan fingerprint density at radius 2 is 2.03 bits per heavy atom. The van der Waals surface area contributed by atoms with Gasteiger partial charge in [-0.1, -0.05) is 29.8 Å². The number of anilines is 3. The Balaban J connectivity index is 1.87. The summed E-state index contributed by atoms with van der Waals surface area (Å²) in [6, 6.07) is 14.2. The Kier molecular flexibility index (Phi) is 6.57. The second-order valence-electron chi connectivity index (χ2n) is 5.99. The Hall–Kier alpha value is -3.54. The van der Waals surface area contributed by atoms with Crippen LogP contribution in [0.1, 0.15) is 12.6 Å². The quantitative estimate of drug-likeness (QED) is 0.438. The van der Waals surface area contributed by atoms with Crippen molar-refractivity contribution < 1.29 is 14.0 Å². The standard InChI is InChI=1S/C21H14ClFN4O2S/c1-13(28)27(17-6-4-5-15(22)10-17)21-25-16(12-30-21)9-14(11-24)20(29)26-19-8-3-2-7-18(19)23/h2-10,12H,1H3,(H,26,29)/b14-9+. The van der Waals surface area contributed by atoms with Crippen molar-refractivity contribution in [2.45, 2.75) is 6.92 Å². The van der Waals surface area contributed by atoms with E-state index in [1.54, 1.807) is 41.8 Å². The number of para-hydroxylation sites is 1. The summed E-state index contributed by atoms with van der Waals surface area (Å²) in [6.45, 7) is 1.39. The fraction of sp³-hybridized carbons (Fsp3) is 0.0476. The van der Waals surface area contributed by atoms with E-state index in [0.29, 0.717) is 21.5 Å². The molecule has 2 amide bonds. The van der Waals surface area contributed by atoms with Crippen LogP contribution in [0.4, 0.5) is 20.9 Å². The molecule has 0 aliphatic rings. The van der Waals surface area contributed by atoms with E-state index in [-0.39, 0.29) is 17.2 Å². The Morgan fingerprint density at radius 1 is 1.27 bits per heavy atom. The van der Waals surface area contributed by atoms with Gasteiger partial charge in [0.15, 0.2) is 5.13 Å². The van der Waals surface area contributed by atoms with E-state index in [0.717, 1.165) is 11.3 Å². The van der Waals surface area contributed by atoms with Gasteiger partial charge in [0.1, 0.15) is 17.5 Å². The van der Waals surface area contributed by atoms with Crippen LogP contribution in [-0.2, 0) is 9.59 Å². The first-order chi connectivity index (χ1) is 14.4. The lowest BCUT2D eigenvalue weighted by atomic mass is 10.2. The van der Waals surface area contributed by atoms with Crippen molar-refractivity contribution in [1.29, 1.82) is 5.26 Å². The molecule has 6 nitrogen and oxygen atoms in total. The molecule has 0 spiro atoms. The molecule has 3 aromatic rings. The van der Waals surface area contributed by atoms with Crippen LogP contribution in [0, 0.1) is 17.1 Å². The van der Waals surface area contributed by atoms with Gasteiger partial charge in [-0.15, -0.1) is 11.3 Å². The van der Waals surface area contributed by atoms with Gasteiger partial charge in [-0.25, -0.2) is 9.37 Å². The molecule has 0 aliphatic carbocycles. The predicted molar refractivity (Wildman–Crippen MR) is 115 cm³/mol. The minimum Gasteiger partial charge on any atom is -0.319 e. The molecule has 0 atom stereocenters. The molecule has 0 radical (unpaired) electrons. The van der Waals surface area contributed by atoms with Crippen LogP contribution < -0.4 is 10.2 Å². The third-order valence-corrected chi connectivity index (χ3v) is 4.94. The van der Waals surface area contributed by atoms with E-state index in [2.05, 4.69) is 10.3 Å². The molecule has 0 unspecified atom stereocenters. The maximum absolute atomic E-state index is 13.7. The highest BCUT2D eigenvalue weighted by molar-refractivity contribution is 7.14. The maximum Gasteiger partial charge on any atom is 0.266 e. The van der Waals surface area contributed by atoms with E-state index >= 15 is 0 Å². The van der Waals surface area contributed by atoms with Crippen LogP contribution in [-0.4, -0.2) is 16.8 Å². The SMILES string of the molecule is CC(=O)N(c1cccc(Cl)c1)c1nc(/C=C(\C#N)C(=O)Nc2ccccc2F)cs1. The first kappa shape index (κ1) is 21.2. The highest BCUT2D eigenvalue weighted by Gasteiger charge is 2.19. The van der Waals surface area contributed by atoms with Crippen molar-refractivity contribution in [3.8, 4) is 6.07 Å².